The summed E-state index contributed by atoms with van der Waals surface area (Å²) in [5.41, 5.74) is 1.14. The maximum atomic E-state index is 14.0. The molecule has 1 aromatic heterocycles. The quantitative estimate of drug-likeness (QED) is 0.375. The Balaban J connectivity index is 1.86. The van der Waals surface area contributed by atoms with Gasteiger partial charge in [0.05, 0.1) is 28.2 Å². The summed E-state index contributed by atoms with van der Waals surface area (Å²) in [6.07, 6.45) is -0.784. The summed E-state index contributed by atoms with van der Waals surface area (Å²) in [7, 11) is -4.08. The van der Waals surface area contributed by atoms with E-state index in [0.29, 0.717) is 22.0 Å². The van der Waals surface area contributed by atoms with Gasteiger partial charge in [0.15, 0.2) is 0 Å². The van der Waals surface area contributed by atoms with Gasteiger partial charge in [-0.1, -0.05) is 60.7 Å². The fourth-order valence-electron chi connectivity index (χ4n) is 4.35. The van der Waals surface area contributed by atoms with Crippen molar-refractivity contribution in [2.45, 2.75) is 37.8 Å². The molecule has 0 N–H and O–H groups in total. The SMILES string of the molecule is CC(C)(C)OC(=O)N1Cc2ccccc2-c2c(c3ccccc3n2S(=O)(=O)c2ccccc2)C1=O. The second-order valence-corrected chi connectivity index (χ2v) is 11.1. The van der Waals surface area contributed by atoms with Crippen LogP contribution in [0.15, 0.2) is 83.8 Å². The molecule has 7 nitrogen and oxygen atoms in total. The number of carbonyl (C=O) groups is 2. The first-order valence-corrected chi connectivity index (χ1v) is 12.6. The number of imide groups is 1. The monoisotopic (exact) mass is 488 g/mol. The Morgan fingerprint density at radius 1 is 0.886 bits per heavy atom. The zero-order valence-corrected chi connectivity index (χ0v) is 20.4. The molecular formula is C27H24N2O5S. The molecule has 1 aliphatic heterocycles. The van der Waals surface area contributed by atoms with E-state index >= 15 is 0 Å². The second kappa shape index (κ2) is 8.09. The number of hydrogen-bond donors (Lipinski definition) is 0. The van der Waals surface area contributed by atoms with Crippen molar-refractivity contribution in [2.75, 3.05) is 0 Å². The summed E-state index contributed by atoms with van der Waals surface area (Å²) in [6.45, 7) is 5.14. The highest BCUT2D eigenvalue weighted by atomic mass is 32.2. The Morgan fingerprint density at radius 2 is 1.51 bits per heavy atom. The highest BCUT2D eigenvalue weighted by molar-refractivity contribution is 7.90. The topological polar surface area (TPSA) is 85.7 Å². The molecule has 5 rings (SSSR count). The number of aromatic nitrogens is 1. The fourth-order valence-corrected chi connectivity index (χ4v) is 5.91. The van der Waals surface area contributed by atoms with Crippen molar-refractivity contribution < 1.29 is 22.7 Å². The molecular weight excluding hydrogens is 464 g/mol. The zero-order valence-electron chi connectivity index (χ0n) is 19.6. The maximum Gasteiger partial charge on any atom is 0.417 e. The fraction of sp³-hybridized carbons (Fsp3) is 0.185. The van der Waals surface area contributed by atoms with Crippen molar-refractivity contribution in [2.24, 2.45) is 0 Å². The normalized spacial score (nSPS) is 13.8. The summed E-state index contributed by atoms with van der Waals surface area (Å²) < 4.78 is 34.7. The minimum atomic E-state index is -4.08. The first kappa shape index (κ1) is 22.9. The predicted octanol–water partition coefficient (Wildman–Crippen LogP) is 5.44. The molecule has 4 aromatic rings. The second-order valence-electron chi connectivity index (χ2n) is 9.35. The van der Waals surface area contributed by atoms with Crippen LogP contribution in [0.25, 0.3) is 22.2 Å². The largest absolute Gasteiger partial charge is 0.443 e. The Bertz CT molecular complexity index is 1580. The molecule has 1 aliphatic rings. The summed E-state index contributed by atoms with van der Waals surface area (Å²) in [4.78, 5) is 28.2. The van der Waals surface area contributed by atoms with Gasteiger partial charge in [-0.15, -0.1) is 0 Å². The number of nitrogens with zero attached hydrogens (tertiary/aromatic N) is 2. The molecule has 0 aliphatic carbocycles. The maximum absolute atomic E-state index is 14.0. The molecule has 0 spiro atoms. The van der Waals surface area contributed by atoms with Crippen LogP contribution in [0.2, 0.25) is 0 Å². The van der Waals surface area contributed by atoms with Crippen LogP contribution in [-0.4, -0.2) is 34.9 Å². The summed E-state index contributed by atoms with van der Waals surface area (Å²) in [5, 5.41) is 0.442. The lowest BCUT2D eigenvalue weighted by molar-refractivity contribution is 0.0230. The van der Waals surface area contributed by atoms with E-state index in [0.717, 1.165) is 4.90 Å². The minimum absolute atomic E-state index is 0.0433. The number of fused-ring (bicyclic) bond motifs is 5. The smallest absolute Gasteiger partial charge is 0.417 e. The third kappa shape index (κ3) is 3.80. The number of ether oxygens (including phenoxy) is 1. The van der Waals surface area contributed by atoms with E-state index in [1.54, 1.807) is 87.5 Å². The lowest BCUT2D eigenvalue weighted by Crippen LogP contribution is -2.39. The van der Waals surface area contributed by atoms with Gasteiger partial charge in [0.1, 0.15) is 5.60 Å². The molecule has 2 amide bonds. The number of rotatable bonds is 2. The van der Waals surface area contributed by atoms with Crippen LogP contribution in [0, 0.1) is 0 Å². The van der Waals surface area contributed by atoms with Crippen LogP contribution in [0.5, 0.6) is 0 Å². The number of amides is 2. The van der Waals surface area contributed by atoms with Gasteiger partial charge in [-0.05, 0) is 44.5 Å². The van der Waals surface area contributed by atoms with Crippen LogP contribution in [0.3, 0.4) is 0 Å². The van der Waals surface area contributed by atoms with E-state index in [2.05, 4.69) is 0 Å². The molecule has 0 bridgehead atoms. The van der Waals surface area contributed by atoms with Crippen LogP contribution in [0.1, 0.15) is 36.7 Å². The van der Waals surface area contributed by atoms with E-state index in [4.69, 9.17) is 4.74 Å². The van der Waals surface area contributed by atoms with E-state index in [1.165, 1.54) is 16.1 Å². The van der Waals surface area contributed by atoms with Crippen LogP contribution in [-0.2, 0) is 21.3 Å². The Labute approximate surface area is 203 Å². The van der Waals surface area contributed by atoms with Gasteiger partial charge in [0.2, 0.25) is 0 Å². The molecule has 35 heavy (non-hydrogen) atoms. The third-order valence-corrected chi connectivity index (χ3v) is 7.52. The lowest BCUT2D eigenvalue weighted by Gasteiger charge is -2.25. The van der Waals surface area contributed by atoms with E-state index in [-0.39, 0.29) is 22.7 Å². The minimum Gasteiger partial charge on any atom is -0.443 e. The van der Waals surface area contributed by atoms with Crippen molar-refractivity contribution in [3.05, 3.63) is 90.0 Å². The first-order valence-electron chi connectivity index (χ1n) is 11.2. The van der Waals surface area contributed by atoms with Crippen molar-refractivity contribution in [3.8, 4) is 11.3 Å². The number of para-hydroxylation sites is 1. The van der Waals surface area contributed by atoms with Crippen LogP contribution < -0.4 is 0 Å². The van der Waals surface area contributed by atoms with Gasteiger partial charge in [0, 0.05) is 10.9 Å². The van der Waals surface area contributed by atoms with E-state index in [9.17, 15) is 18.0 Å². The number of benzene rings is 3. The van der Waals surface area contributed by atoms with E-state index in [1.807, 2.05) is 0 Å². The standard InChI is InChI=1S/C27H24N2O5S/c1-27(2,3)34-26(31)28-17-18-11-7-8-14-20(18)24-23(25(28)30)21-15-9-10-16-22(21)29(24)35(32,33)19-12-5-4-6-13-19/h4-16H,17H2,1-3H3. The number of hydrogen-bond acceptors (Lipinski definition) is 5. The molecule has 0 radical (unpaired) electrons. The van der Waals surface area contributed by atoms with Gasteiger partial charge in [-0.3, -0.25) is 4.79 Å². The van der Waals surface area contributed by atoms with Gasteiger partial charge in [-0.25, -0.2) is 22.1 Å². The molecule has 2 heterocycles. The van der Waals surface area contributed by atoms with Crippen LogP contribution >= 0.6 is 0 Å². The predicted molar refractivity (Wildman–Crippen MR) is 133 cm³/mol. The molecule has 0 atom stereocenters. The lowest BCUT2D eigenvalue weighted by atomic mass is 10.0. The molecule has 178 valence electrons. The molecule has 8 heteroatoms. The summed E-state index contributed by atoms with van der Waals surface area (Å²) in [5.74, 6) is -0.608. The van der Waals surface area contributed by atoms with Gasteiger partial charge < -0.3 is 4.74 Å². The highest BCUT2D eigenvalue weighted by Crippen LogP contribution is 2.41. The van der Waals surface area contributed by atoms with Gasteiger partial charge in [0.25, 0.3) is 15.9 Å². The van der Waals surface area contributed by atoms with Gasteiger partial charge >= 0.3 is 6.09 Å². The Hall–Kier alpha value is -3.91. The Kier molecular flexibility index (Phi) is 5.29. The van der Waals surface area contributed by atoms with Gasteiger partial charge in [-0.2, -0.15) is 0 Å². The zero-order chi connectivity index (χ0) is 25.0. The first-order chi connectivity index (χ1) is 16.6. The average Bonchev–Trinajstić information content (AvgIpc) is 3.11. The Morgan fingerprint density at radius 3 is 2.23 bits per heavy atom. The van der Waals surface area contributed by atoms with Crippen molar-refractivity contribution in [1.82, 2.24) is 8.87 Å². The molecule has 3 aromatic carbocycles. The molecule has 0 unspecified atom stereocenters. The highest BCUT2D eigenvalue weighted by Gasteiger charge is 2.39. The average molecular weight is 489 g/mol. The number of carbonyl (C=O) groups excluding carboxylic acids is 2. The van der Waals surface area contributed by atoms with Crippen molar-refractivity contribution in [1.29, 1.82) is 0 Å². The summed E-state index contributed by atoms with van der Waals surface area (Å²) >= 11 is 0. The van der Waals surface area contributed by atoms with Crippen molar-refractivity contribution >= 4 is 32.9 Å². The molecule has 0 saturated carbocycles. The molecule has 0 saturated heterocycles. The third-order valence-electron chi connectivity index (χ3n) is 5.79. The van der Waals surface area contributed by atoms with Crippen molar-refractivity contribution in [3.63, 3.8) is 0 Å². The van der Waals surface area contributed by atoms with Crippen LogP contribution in [0.4, 0.5) is 4.79 Å². The van der Waals surface area contributed by atoms with E-state index < -0.39 is 27.6 Å². The molecule has 0 fully saturated rings. The summed E-state index contributed by atoms with van der Waals surface area (Å²) in [6, 6.07) is 22.1.